The lowest BCUT2D eigenvalue weighted by atomic mass is 9.75. The van der Waals surface area contributed by atoms with Crippen LogP contribution in [0.15, 0.2) is 0 Å². The Balaban J connectivity index is 2.16. The molecule has 6 heteroatoms. The largest absolute Gasteiger partial charge is 0.461 e. The lowest BCUT2D eigenvalue weighted by Gasteiger charge is -2.31. The molecule has 2 rings (SSSR count). The van der Waals surface area contributed by atoms with Crippen molar-refractivity contribution < 1.29 is 17.9 Å². The molecule has 0 aromatic heterocycles. The molecule has 3 atom stereocenters. The van der Waals surface area contributed by atoms with Gasteiger partial charge in [0.1, 0.15) is 11.9 Å². The smallest absolute Gasteiger partial charge is 0.306 e. The van der Waals surface area contributed by atoms with Gasteiger partial charge >= 0.3 is 5.97 Å². The third-order valence-electron chi connectivity index (χ3n) is 4.75. The van der Waals surface area contributed by atoms with Crippen molar-refractivity contribution in [2.45, 2.75) is 58.0 Å². The van der Waals surface area contributed by atoms with E-state index in [1.807, 2.05) is 0 Å². The summed E-state index contributed by atoms with van der Waals surface area (Å²) in [6, 6.07) is 0. The van der Waals surface area contributed by atoms with Crippen molar-refractivity contribution in [1.82, 2.24) is 0 Å². The van der Waals surface area contributed by atoms with Gasteiger partial charge in [-0.3, -0.25) is 4.79 Å². The lowest BCUT2D eigenvalue weighted by molar-refractivity contribution is -0.141. The zero-order chi connectivity index (χ0) is 14.1. The molecule has 19 heavy (non-hydrogen) atoms. The van der Waals surface area contributed by atoms with Gasteiger partial charge in [0, 0.05) is 5.41 Å². The summed E-state index contributed by atoms with van der Waals surface area (Å²) >= 11 is 0. The Bertz CT molecular complexity index is 448. The fraction of sp³-hybridized carbons (Fsp3) is 0.923. The van der Waals surface area contributed by atoms with Gasteiger partial charge in [0.25, 0.3) is 0 Å². The van der Waals surface area contributed by atoms with E-state index in [9.17, 15) is 13.2 Å². The van der Waals surface area contributed by atoms with Gasteiger partial charge in [0.05, 0.1) is 6.42 Å². The van der Waals surface area contributed by atoms with Crippen LogP contribution in [0.25, 0.3) is 0 Å². The van der Waals surface area contributed by atoms with Crippen LogP contribution in [-0.2, 0) is 19.6 Å². The van der Waals surface area contributed by atoms with Gasteiger partial charge < -0.3 is 4.74 Å². The lowest BCUT2D eigenvalue weighted by Crippen LogP contribution is -2.38. The summed E-state index contributed by atoms with van der Waals surface area (Å²) in [5.74, 6) is 0.170. The maximum absolute atomic E-state index is 11.6. The van der Waals surface area contributed by atoms with Gasteiger partial charge in [-0.25, -0.2) is 13.6 Å². The van der Waals surface area contributed by atoms with E-state index >= 15 is 0 Å². The molecule has 0 amide bonds. The molecule has 0 aromatic rings. The first-order valence-corrected chi connectivity index (χ1v) is 8.76. The highest BCUT2D eigenvalue weighted by Gasteiger charge is 2.50. The molecule has 1 aliphatic carbocycles. The Morgan fingerprint density at radius 2 is 2.11 bits per heavy atom. The van der Waals surface area contributed by atoms with Crippen molar-refractivity contribution in [3.63, 3.8) is 0 Å². The Hall–Kier alpha value is -0.620. The van der Waals surface area contributed by atoms with Crippen molar-refractivity contribution in [1.29, 1.82) is 0 Å². The highest BCUT2D eigenvalue weighted by atomic mass is 32.2. The van der Waals surface area contributed by atoms with E-state index in [1.54, 1.807) is 0 Å². The Kier molecular flexibility index (Phi) is 4.20. The number of hydrogen-bond donors (Lipinski definition) is 1. The summed E-state index contributed by atoms with van der Waals surface area (Å²) in [4.78, 5) is 11.6. The van der Waals surface area contributed by atoms with Crippen molar-refractivity contribution in [3.05, 3.63) is 0 Å². The summed E-state index contributed by atoms with van der Waals surface area (Å²) in [5, 5.41) is 5.12. The Morgan fingerprint density at radius 1 is 1.37 bits per heavy atom. The highest BCUT2D eigenvalue weighted by Crippen LogP contribution is 2.48. The van der Waals surface area contributed by atoms with Crippen LogP contribution in [0.4, 0.5) is 0 Å². The van der Waals surface area contributed by atoms with Crippen molar-refractivity contribution in [2.24, 2.45) is 16.5 Å². The van der Waals surface area contributed by atoms with Gasteiger partial charge in [-0.2, -0.15) is 0 Å². The number of primary sulfonamides is 1. The number of rotatable bonds is 3. The zero-order valence-corrected chi connectivity index (χ0v) is 12.2. The van der Waals surface area contributed by atoms with Gasteiger partial charge in [-0.1, -0.05) is 26.2 Å². The minimum atomic E-state index is -3.61. The first-order chi connectivity index (χ1) is 8.85. The first kappa shape index (κ1) is 14.8. The molecule has 1 heterocycles. The molecular formula is C13H23NO4S. The molecule has 1 saturated heterocycles. The fourth-order valence-corrected chi connectivity index (χ4v) is 4.40. The average Bonchev–Trinajstić information content (AvgIpc) is 2.48. The molecule has 1 aliphatic heterocycles. The molecule has 1 spiro atoms. The molecule has 3 unspecified atom stereocenters. The summed E-state index contributed by atoms with van der Waals surface area (Å²) in [7, 11) is -3.61. The molecular weight excluding hydrogens is 266 g/mol. The van der Waals surface area contributed by atoms with E-state index in [4.69, 9.17) is 9.88 Å². The number of carbonyl (C=O) groups is 1. The van der Waals surface area contributed by atoms with Gasteiger partial charge in [0.15, 0.2) is 0 Å². The number of carbonyl (C=O) groups excluding carboxylic acids is 1. The molecule has 5 nitrogen and oxygen atoms in total. The predicted molar refractivity (Wildman–Crippen MR) is 71.8 cm³/mol. The normalized spacial score (nSPS) is 36.2. The van der Waals surface area contributed by atoms with Crippen LogP contribution in [0.3, 0.4) is 0 Å². The van der Waals surface area contributed by atoms with E-state index in [0.29, 0.717) is 12.3 Å². The Morgan fingerprint density at radius 3 is 2.74 bits per heavy atom. The highest BCUT2D eigenvalue weighted by molar-refractivity contribution is 7.89. The monoisotopic (exact) mass is 289 g/mol. The second kappa shape index (κ2) is 5.40. The minimum Gasteiger partial charge on any atom is -0.461 e. The van der Waals surface area contributed by atoms with E-state index < -0.39 is 16.1 Å². The van der Waals surface area contributed by atoms with Crippen LogP contribution < -0.4 is 5.14 Å². The predicted octanol–water partition coefficient (Wildman–Crippen LogP) is 1.57. The van der Waals surface area contributed by atoms with Crippen LogP contribution in [0, 0.1) is 11.3 Å². The topological polar surface area (TPSA) is 86.5 Å². The number of cyclic esters (lactones) is 1. The van der Waals surface area contributed by atoms with Crippen LogP contribution in [0.2, 0.25) is 0 Å². The van der Waals surface area contributed by atoms with Crippen LogP contribution >= 0.6 is 0 Å². The number of ether oxygens (including phenoxy) is 1. The number of esters is 1. The number of nitrogens with two attached hydrogens (primary N) is 1. The second-order valence-corrected chi connectivity index (χ2v) is 7.71. The molecule has 2 N–H and O–H groups in total. The van der Waals surface area contributed by atoms with E-state index in [1.165, 1.54) is 0 Å². The van der Waals surface area contributed by atoms with Gasteiger partial charge in [-0.15, -0.1) is 0 Å². The number of sulfonamides is 1. The molecule has 1 saturated carbocycles. The van der Waals surface area contributed by atoms with E-state index in [0.717, 1.165) is 38.5 Å². The quantitative estimate of drug-likeness (QED) is 0.799. The molecule has 0 aromatic carbocycles. The third-order valence-corrected chi connectivity index (χ3v) is 5.52. The third kappa shape index (κ3) is 3.48. The second-order valence-electron chi connectivity index (χ2n) is 6.05. The van der Waals surface area contributed by atoms with Gasteiger partial charge in [0.2, 0.25) is 10.0 Å². The average molecular weight is 289 g/mol. The van der Waals surface area contributed by atoms with E-state index in [-0.39, 0.29) is 17.1 Å². The fourth-order valence-electron chi connectivity index (χ4n) is 3.56. The maximum Gasteiger partial charge on any atom is 0.306 e. The van der Waals surface area contributed by atoms with Crippen LogP contribution in [-0.4, -0.2) is 26.2 Å². The first-order valence-electron chi connectivity index (χ1n) is 7.04. The van der Waals surface area contributed by atoms with Crippen molar-refractivity contribution >= 4 is 16.0 Å². The van der Waals surface area contributed by atoms with Crippen molar-refractivity contribution in [3.8, 4) is 0 Å². The molecule has 0 radical (unpaired) electrons. The van der Waals surface area contributed by atoms with E-state index in [2.05, 4.69) is 6.92 Å². The molecule has 110 valence electrons. The summed E-state index contributed by atoms with van der Waals surface area (Å²) < 4.78 is 27.9. The summed E-state index contributed by atoms with van der Waals surface area (Å²) in [6.07, 6.45) is 5.94. The minimum absolute atomic E-state index is 0.241. The molecule has 0 bridgehead atoms. The number of hydrogen-bond acceptors (Lipinski definition) is 4. The van der Waals surface area contributed by atoms with Crippen LogP contribution in [0.1, 0.15) is 51.9 Å². The van der Waals surface area contributed by atoms with Crippen LogP contribution in [0.5, 0.6) is 0 Å². The standard InChI is InChI=1S/C13H23NO4S/c1-2-10-4-3-6-13(7-5-10)8-12(15)18-11(13)9-19(14,16)17/h10-11H,2-9H2,1H3,(H2,14,16,17). The van der Waals surface area contributed by atoms with Crippen molar-refractivity contribution in [2.75, 3.05) is 5.75 Å². The zero-order valence-electron chi connectivity index (χ0n) is 11.4. The SMILES string of the molecule is CCC1CCCC2(CC1)CC(=O)OC2CS(N)(=O)=O. The maximum atomic E-state index is 11.6. The Labute approximate surface area is 114 Å². The summed E-state index contributed by atoms with van der Waals surface area (Å²) in [5.41, 5.74) is -0.298. The summed E-state index contributed by atoms with van der Waals surface area (Å²) in [6.45, 7) is 2.18. The molecule has 2 fully saturated rings. The molecule has 2 aliphatic rings. The van der Waals surface area contributed by atoms with Gasteiger partial charge in [-0.05, 0) is 25.2 Å².